The second-order valence-electron chi connectivity index (χ2n) is 15.2. The van der Waals surface area contributed by atoms with Crippen molar-refractivity contribution in [2.75, 3.05) is 82.2 Å². The van der Waals surface area contributed by atoms with Gasteiger partial charge in [0.25, 0.3) is 0 Å². The van der Waals surface area contributed by atoms with Crippen molar-refractivity contribution in [1.82, 2.24) is 40.0 Å². The number of benzene rings is 1. The fraction of sp³-hybridized carbons (Fsp3) is 0.513. The van der Waals surface area contributed by atoms with E-state index in [4.69, 9.17) is 0 Å². The number of nitrogens with one attached hydrogen (secondary N) is 3. The molecule has 15 heteroatoms. The number of pyridine rings is 1. The van der Waals surface area contributed by atoms with Crippen molar-refractivity contribution in [3.05, 3.63) is 66.1 Å². The number of hydrogen-bond donors (Lipinski definition) is 3. The first-order valence-electron chi connectivity index (χ1n) is 19.1. The van der Waals surface area contributed by atoms with E-state index in [1.165, 1.54) is 6.20 Å². The Morgan fingerprint density at radius 1 is 0.870 bits per heavy atom. The van der Waals surface area contributed by atoms with Gasteiger partial charge in [-0.15, -0.1) is 0 Å². The highest BCUT2D eigenvalue weighted by Crippen LogP contribution is 2.38. The predicted molar refractivity (Wildman–Crippen MR) is 200 cm³/mol. The van der Waals surface area contributed by atoms with Crippen molar-refractivity contribution >= 4 is 34.5 Å². The molecule has 286 valence electrons. The van der Waals surface area contributed by atoms with Gasteiger partial charge in [0.1, 0.15) is 11.2 Å². The Labute approximate surface area is 312 Å². The summed E-state index contributed by atoms with van der Waals surface area (Å²) in [5, 5.41) is 6.37. The van der Waals surface area contributed by atoms with Gasteiger partial charge >= 0.3 is 6.18 Å². The molecule has 0 spiro atoms. The number of likely N-dealkylation sites (tertiary alicyclic amines) is 1. The number of aromatic nitrogens is 4. The summed E-state index contributed by atoms with van der Waals surface area (Å²) in [5.41, 5.74) is 1.97. The molecule has 8 rings (SSSR count). The molecule has 0 radical (unpaired) electrons. The molecule has 4 aromatic rings. The average Bonchev–Trinajstić information content (AvgIpc) is 3.81. The molecule has 0 aliphatic carbocycles. The lowest BCUT2D eigenvalue weighted by molar-refractivity contribution is -0.137. The number of hydrogen-bond acceptors (Lipinski definition) is 10. The fourth-order valence-electron chi connectivity index (χ4n) is 8.52. The zero-order valence-corrected chi connectivity index (χ0v) is 30.3. The number of fused-ring (bicyclic) bond motifs is 1. The normalized spacial score (nSPS) is 22.6. The first-order chi connectivity index (χ1) is 26.2. The first kappa shape index (κ1) is 36.4. The number of carbonyl (C=O) groups is 2. The summed E-state index contributed by atoms with van der Waals surface area (Å²) < 4.78 is 41.9. The van der Waals surface area contributed by atoms with Gasteiger partial charge in [0.15, 0.2) is 0 Å². The molecule has 4 aliphatic heterocycles. The van der Waals surface area contributed by atoms with E-state index in [0.717, 1.165) is 109 Å². The van der Waals surface area contributed by atoms with Crippen molar-refractivity contribution in [3.8, 4) is 11.3 Å². The molecule has 2 amide bonds. The number of rotatable bonds is 10. The molecule has 4 fully saturated rings. The van der Waals surface area contributed by atoms with Crippen LogP contribution in [0.15, 0.2) is 55.0 Å². The summed E-state index contributed by atoms with van der Waals surface area (Å²) in [7, 11) is 0. The van der Waals surface area contributed by atoms with Crippen LogP contribution in [-0.2, 0) is 15.8 Å². The molecule has 54 heavy (non-hydrogen) atoms. The van der Waals surface area contributed by atoms with Gasteiger partial charge in [-0.3, -0.25) is 24.7 Å². The predicted octanol–water partition coefficient (Wildman–Crippen LogP) is 4.58. The molecular formula is C39H47F3N10O2. The van der Waals surface area contributed by atoms with E-state index < -0.39 is 11.7 Å². The third-order valence-electron chi connectivity index (χ3n) is 11.6. The van der Waals surface area contributed by atoms with Crippen LogP contribution in [0.25, 0.3) is 22.3 Å². The molecule has 1 unspecified atom stereocenters. The Balaban J connectivity index is 0.765. The fourth-order valence-corrected chi connectivity index (χ4v) is 8.52. The van der Waals surface area contributed by atoms with Crippen molar-refractivity contribution in [2.45, 2.75) is 50.2 Å². The molecule has 0 bridgehead atoms. The van der Waals surface area contributed by atoms with Gasteiger partial charge < -0.3 is 20.1 Å². The van der Waals surface area contributed by atoms with Crippen molar-refractivity contribution in [2.24, 2.45) is 5.92 Å². The second kappa shape index (κ2) is 15.6. The van der Waals surface area contributed by atoms with E-state index in [1.54, 1.807) is 18.3 Å². The van der Waals surface area contributed by atoms with Gasteiger partial charge in [0.05, 0.1) is 11.6 Å². The number of aromatic amines is 1. The van der Waals surface area contributed by atoms with Crippen LogP contribution < -0.4 is 15.5 Å². The van der Waals surface area contributed by atoms with Crippen LogP contribution in [0.1, 0.15) is 49.1 Å². The molecular weight excluding hydrogens is 697 g/mol. The summed E-state index contributed by atoms with van der Waals surface area (Å²) in [6.07, 6.45) is 3.51. The SMILES string of the molecule is O=C1CCC(c2cccc(N3CCC(CN4CCN(CCN5CC[C@@H](Nc6ncc(C(F)(F)F)c(-c7c[nH]c8ncccc78)n6)C5)CC4)CC3)c2)C(=O)N1. The number of piperidine rings is 2. The number of halogens is 3. The third kappa shape index (κ3) is 8.22. The van der Waals surface area contributed by atoms with Gasteiger partial charge in [-0.1, -0.05) is 12.1 Å². The summed E-state index contributed by atoms with van der Waals surface area (Å²) >= 11 is 0. The molecule has 2 atom stereocenters. The van der Waals surface area contributed by atoms with E-state index in [9.17, 15) is 22.8 Å². The molecule has 12 nitrogen and oxygen atoms in total. The number of H-pyrrole nitrogens is 1. The molecule has 7 heterocycles. The van der Waals surface area contributed by atoms with E-state index in [-0.39, 0.29) is 35.4 Å². The Morgan fingerprint density at radius 3 is 2.46 bits per heavy atom. The maximum absolute atomic E-state index is 14.0. The second-order valence-corrected chi connectivity index (χ2v) is 15.2. The Bertz CT molecular complexity index is 1950. The van der Waals surface area contributed by atoms with Crippen LogP contribution in [-0.4, -0.2) is 124 Å². The standard InChI is InChI=1S/C39H47F3N10O2/c40-39(41,42)33-23-45-38(48-35(33)32-22-44-36-31(32)5-2-11-43-36)46-28-10-12-50(25-28)18-15-49-16-19-51(20-17-49)24-26-8-13-52(14-9-26)29-4-1-3-27(21-29)30-6-7-34(53)47-37(30)54/h1-5,11,21-23,26,28,30H,6-10,12-20,24-25H2,(H,43,44)(H,45,46,48)(H,47,53,54)/t28-,30?/m1/s1. The zero-order chi connectivity index (χ0) is 37.2. The molecule has 3 N–H and O–H groups in total. The monoisotopic (exact) mass is 744 g/mol. The van der Waals surface area contributed by atoms with Crippen molar-refractivity contribution < 1.29 is 22.8 Å². The minimum absolute atomic E-state index is 0.0526. The number of imide groups is 1. The molecule has 0 saturated carbocycles. The highest BCUT2D eigenvalue weighted by molar-refractivity contribution is 6.01. The van der Waals surface area contributed by atoms with Crippen LogP contribution in [0.5, 0.6) is 0 Å². The molecule has 3 aromatic heterocycles. The maximum atomic E-state index is 14.0. The smallest absolute Gasteiger partial charge is 0.372 e. The average molecular weight is 745 g/mol. The largest absolute Gasteiger partial charge is 0.419 e. The molecule has 4 aliphatic rings. The lowest BCUT2D eigenvalue weighted by atomic mass is 9.90. The summed E-state index contributed by atoms with van der Waals surface area (Å²) in [6, 6.07) is 11.8. The number of nitrogens with zero attached hydrogens (tertiary/aromatic N) is 7. The quantitative estimate of drug-likeness (QED) is 0.199. The number of piperazine rings is 1. The lowest BCUT2D eigenvalue weighted by Crippen LogP contribution is -2.50. The van der Waals surface area contributed by atoms with E-state index in [1.807, 2.05) is 12.1 Å². The number of anilines is 2. The Hall–Kier alpha value is -4.60. The van der Waals surface area contributed by atoms with E-state index >= 15 is 0 Å². The minimum Gasteiger partial charge on any atom is -0.372 e. The van der Waals surface area contributed by atoms with Crippen LogP contribution in [0, 0.1) is 5.92 Å². The topological polar surface area (TPSA) is 126 Å². The summed E-state index contributed by atoms with van der Waals surface area (Å²) in [6.45, 7) is 11.0. The molecule has 4 saturated heterocycles. The molecule has 1 aromatic carbocycles. The summed E-state index contributed by atoms with van der Waals surface area (Å²) in [5.74, 6) is 0.234. The van der Waals surface area contributed by atoms with E-state index in [2.05, 4.69) is 62.3 Å². The number of alkyl halides is 3. The first-order valence-corrected chi connectivity index (χ1v) is 19.1. The Kier molecular flexibility index (Phi) is 10.5. The van der Waals surface area contributed by atoms with E-state index in [0.29, 0.717) is 35.4 Å². The van der Waals surface area contributed by atoms with Gasteiger partial charge in [0, 0.05) is 120 Å². The van der Waals surface area contributed by atoms with Crippen LogP contribution in [0.2, 0.25) is 0 Å². The Morgan fingerprint density at radius 2 is 1.67 bits per heavy atom. The van der Waals surface area contributed by atoms with Crippen molar-refractivity contribution in [3.63, 3.8) is 0 Å². The number of carbonyl (C=O) groups excluding carboxylic acids is 2. The van der Waals surface area contributed by atoms with Crippen LogP contribution in [0.3, 0.4) is 0 Å². The highest BCUT2D eigenvalue weighted by atomic mass is 19.4. The third-order valence-corrected chi connectivity index (χ3v) is 11.6. The van der Waals surface area contributed by atoms with Gasteiger partial charge in [0.2, 0.25) is 17.8 Å². The lowest BCUT2D eigenvalue weighted by Gasteiger charge is -2.39. The minimum atomic E-state index is -4.59. The van der Waals surface area contributed by atoms with Crippen molar-refractivity contribution in [1.29, 1.82) is 0 Å². The zero-order valence-electron chi connectivity index (χ0n) is 30.3. The summed E-state index contributed by atoms with van der Waals surface area (Å²) in [4.78, 5) is 49.6. The van der Waals surface area contributed by atoms with Gasteiger partial charge in [-0.25, -0.2) is 15.0 Å². The van der Waals surface area contributed by atoms with Gasteiger partial charge in [-0.2, -0.15) is 13.2 Å². The number of amides is 2. The van der Waals surface area contributed by atoms with Crippen LogP contribution in [0.4, 0.5) is 24.8 Å². The van der Waals surface area contributed by atoms with Gasteiger partial charge in [-0.05, 0) is 61.4 Å². The maximum Gasteiger partial charge on any atom is 0.419 e. The highest BCUT2D eigenvalue weighted by Gasteiger charge is 2.37. The van der Waals surface area contributed by atoms with Crippen LogP contribution >= 0.6 is 0 Å².